The Hall–Kier alpha value is -2.41. The largest absolute Gasteiger partial charge is 0.505 e. The second-order valence-corrected chi connectivity index (χ2v) is 6.18. The van der Waals surface area contributed by atoms with Crippen LogP contribution in [0.5, 0.6) is 5.75 Å². The van der Waals surface area contributed by atoms with Crippen molar-refractivity contribution in [2.45, 2.75) is 20.3 Å². The Morgan fingerprint density at radius 3 is 2.57 bits per heavy atom. The number of pyridine rings is 1. The molecule has 122 valence electrons. The fourth-order valence-corrected chi connectivity index (χ4v) is 3.11. The first-order chi connectivity index (χ1) is 11.0. The number of aromatic hydroxyl groups is 1. The lowest BCUT2D eigenvalue weighted by molar-refractivity contribution is 0.0925. The maximum Gasteiger partial charge on any atom is 0.273 e. The van der Waals surface area contributed by atoms with E-state index in [0.29, 0.717) is 11.4 Å². The van der Waals surface area contributed by atoms with Crippen LogP contribution in [0.2, 0.25) is 0 Å². The molecule has 23 heavy (non-hydrogen) atoms. The highest BCUT2D eigenvalue weighted by Gasteiger charge is 2.13. The number of carbonyl (C=O) groups is 2. The molecule has 0 atom stereocenters. The van der Waals surface area contributed by atoms with Gasteiger partial charge < -0.3 is 15.7 Å². The van der Waals surface area contributed by atoms with Gasteiger partial charge in [0, 0.05) is 24.2 Å². The number of thiophene rings is 1. The molecule has 7 heteroatoms. The second kappa shape index (κ2) is 7.73. The molecular weight excluding hydrogens is 314 g/mol. The van der Waals surface area contributed by atoms with Crippen LogP contribution in [0.3, 0.4) is 0 Å². The first-order valence-electron chi connectivity index (χ1n) is 7.32. The number of nitrogens with zero attached hydrogens (tertiary/aromatic N) is 1. The average molecular weight is 333 g/mol. The van der Waals surface area contributed by atoms with Crippen LogP contribution in [-0.4, -0.2) is 35.0 Å². The summed E-state index contributed by atoms with van der Waals surface area (Å²) >= 11 is 1.47. The smallest absolute Gasteiger partial charge is 0.273 e. The number of hydrogen-bond acceptors (Lipinski definition) is 5. The van der Waals surface area contributed by atoms with Crippen molar-refractivity contribution < 1.29 is 14.7 Å². The summed E-state index contributed by atoms with van der Waals surface area (Å²) in [6.45, 7) is 4.61. The van der Waals surface area contributed by atoms with Crippen LogP contribution in [0.15, 0.2) is 24.4 Å². The van der Waals surface area contributed by atoms with Crippen molar-refractivity contribution in [1.82, 2.24) is 15.6 Å². The maximum atomic E-state index is 12.0. The highest BCUT2D eigenvalue weighted by atomic mass is 32.1. The molecule has 2 amide bonds. The van der Waals surface area contributed by atoms with Crippen LogP contribution in [0.4, 0.5) is 0 Å². The van der Waals surface area contributed by atoms with Crippen LogP contribution in [0.1, 0.15) is 37.5 Å². The molecule has 0 spiro atoms. The molecular formula is C16H19N3O3S. The summed E-state index contributed by atoms with van der Waals surface area (Å²) in [5, 5.41) is 14.9. The number of nitrogens with one attached hydrogen (secondary N) is 2. The van der Waals surface area contributed by atoms with Gasteiger partial charge in [-0.3, -0.25) is 9.59 Å². The number of hydrogen-bond donors (Lipinski definition) is 3. The molecule has 0 radical (unpaired) electrons. The van der Waals surface area contributed by atoms with E-state index in [1.165, 1.54) is 29.2 Å². The number of amides is 2. The third-order valence-corrected chi connectivity index (χ3v) is 4.41. The monoisotopic (exact) mass is 333 g/mol. The SMILES string of the molecule is CCc1cc(C(=O)NCCNC(=O)c2ncccc2O)sc1C. The van der Waals surface area contributed by atoms with Gasteiger partial charge >= 0.3 is 0 Å². The summed E-state index contributed by atoms with van der Waals surface area (Å²) in [6, 6.07) is 4.84. The zero-order valence-electron chi connectivity index (χ0n) is 13.0. The Labute approximate surface area is 138 Å². The van der Waals surface area contributed by atoms with Crippen molar-refractivity contribution in [3.8, 4) is 5.75 Å². The van der Waals surface area contributed by atoms with Gasteiger partial charge in [0.05, 0.1) is 4.88 Å². The number of aromatic nitrogens is 1. The quantitative estimate of drug-likeness (QED) is 0.704. The van der Waals surface area contributed by atoms with Gasteiger partial charge in [-0.25, -0.2) is 4.98 Å². The molecule has 0 bridgehead atoms. The van der Waals surface area contributed by atoms with Crippen molar-refractivity contribution in [2.75, 3.05) is 13.1 Å². The Balaban J connectivity index is 1.80. The Morgan fingerprint density at radius 2 is 1.96 bits per heavy atom. The van der Waals surface area contributed by atoms with Crippen molar-refractivity contribution in [3.63, 3.8) is 0 Å². The summed E-state index contributed by atoms with van der Waals surface area (Å²) in [6.07, 6.45) is 2.33. The minimum absolute atomic E-state index is 0.0275. The zero-order valence-corrected chi connectivity index (χ0v) is 13.9. The van der Waals surface area contributed by atoms with Gasteiger partial charge in [0.15, 0.2) is 5.69 Å². The molecule has 6 nitrogen and oxygen atoms in total. The van der Waals surface area contributed by atoms with Gasteiger partial charge in [0.1, 0.15) is 5.75 Å². The van der Waals surface area contributed by atoms with Gasteiger partial charge in [-0.2, -0.15) is 0 Å². The molecule has 2 rings (SSSR count). The third-order valence-electron chi connectivity index (χ3n) is 3.32. The lowest BCUT2D eigenvalue weighted by Gasteiger charge is -2.06. The fourth-order valence-electron chi connectivity index (χ4n) is 2.08. The van der Waals surface area contributed by atoms with E-state index in [-0.39, 0.29) is 23.9 Å². The number of carbonyl (C=O) groups excluding carboxylic acids is 2. The number of rotatable bonds is 6. The minimum Gasteiger partial charge on any atom is -0.505 e. The third kappa shape index (κ3) is 4.29. The van der Waals surface area contributed by atoms with E-state index in [1.54, 1.807) is 6.07 Å². The molecule has 2 aromatic heterocycles. The highest BCUT2D eigenvalue weighted by molar-refractivity contribution is 7.14. The molecule has 0 aromatic carbocycles. The zero-order chi connectivity index (χ0) is 16.8. The molecule has 0 unspecified atom stereocenters. The van der Waals surface area contributed by atoms with E-state index >= 15 is 0 Å². The molecule has 2 heterocycles. The molecule has 3 N–H and O–H groups in total. The van der Waals surface area contributed by atoms with Gasteiger partial charge in [0.2, 0.25) is 0 Å². The minimum atomic E-state index is -0.474. The predicted molar refractivity (Wildman–Crippen MR) is 89.0 cm³/mol. The van der Waals surface area contributed by atoms with Crippen LogP contribution in [-0.2, 0) is 6.42 Å². The van der Waals surface area contributed by atoms with E-state index in [9.17, 15) is 14.7 Å². The van der Waals surface area contributed by atoms with Crippen molar-refractivity contribution in [2.24, 2.45) is 0 Å². The van der Waals surface area contributed by atoms with Crippen LogP contribution in [0.25, 0.3) is 0 Å². The second-order valence-electron chi connectivity index (χ2n) is 4.93. The van der Waals surface area contributed by atoms with E-state index in [2.05, 4.69) is 22.5 Å². The molecule has 0 aliphatic carbocycles. The van der Waals surface area contributed by atoms with E-state index in [0.717, 1.165) is 11.3 Å². The van der Waals surface area contributed by atoms with Crippen LogP contribution < -0.4 is 10.6 Å². The van der Waals surface area contributed by atoms with Crippen molar-refractivity contribution >= 4 is 23.2 Å². The van der Waals surface area contributed by atoms with E-state index in [4.69, 9.17) is 0 Å². The predicted octanol–water partition coefficient (Wildman–Crippen LogP) is 1.88. The number of aryl methyl sites for hydroxylation is 2. The Kier molecular flexibility index (Phi) is 5.70. The standard InChI is InChI=1S/C16H19N3O3S/c1-3-11-9-13(23-10(11)2)15(21)18-7-8-19-16(22)14-12(20)5-4-6-17-14/h4-6,9,20H,3,7-8H2,1-2H3,(H,18,21)(H,19,22). The summed E-state index contributed by atoms with van der Waals surface area (Å²) in [5.41, 5.74) is 1.15. The van der Waals surface area contributed by atoms with Crippen molar-refractivity contribution in [3.05, 3.63) is 45.4 Å². The van der Waals surface area contributed by atoms with Crippen LogP contribution >= 0.6 is 11.3 Å². The Morgan fingerprint density at radius 1 is 1.26 bits per heavy atom. The van der Waals surface area contributed by atoms with Gasteiger partial charge in [-0.1, -0.05) is 6.92 Å². The highest BCUT2D eigenvalue weighted by Crippen LogP contribution is 2.21. The molecule has 0 aliphatic heterocycles. The van der Waals surface area contributed by atoms with Crippen LogP contribution in [0, 0.1) is 6.92 Å². The lowest BCUT2D eigenvalue weighted by atomic mass is 10.2. The Bertz CT molecular complexity index is 712. The molecule has 2 aromatic rings. The average Bonchev–Trinajstić information content (AvgIpc) is 2.92. The van der Waals surface area contributed by atoms with Gasteiger partial charge in [-0.15, -0.1) is 11.3 Å². The molecule has 0 aliphatic rings. The van der Waals surface area contributed by atoms with E-state index in [1.807, 2.05) is 13.0 Å². The van der Waals surface area contributed by atoms with Crippen molar-refractivity contribution in [1.29, 1.82) is 0 Å². The first kappa shape index (κ1) is 17.0. The first-order valence-corrected chi connectivity index (χ1v) is 8.14. The summed E-state index contributed by atoms with van der Waals surface area (Å²) in [4.78, 5) is 29.5. The maximum absolute atomic E-state index is 12.0. The fraction of sp³-hybridized carbons (Fsp3) is 0.312. The summed E-state index contributed by atoms with van der Waals surface area (Å²) in [5.74, 6) is -0.791. The topological polar surface area (TPSA) is 91.3 Å². The van der Waals surface area contributed by atoms with E-state index < -0.39 is 5.91 Å². The van der Waals surface area contributed by atoms with Gasteiger partial charge in [-0.05, 0) is 37.1 Å². The summed E-state index contributed by atoms with van der Waals surface area (Å²) in [7, 11) is 0. The molecule has 0 saturated heterocycles. The molecule has 0 saturated carbocycles. The van der Waals surface area contributed by atoms with Gasteiger partial charge in [0.25, 0.3) is 11.8 Å². The normalized spacial score (nSPS) is 10.3. The summed E-state index contributed by atoms with van der Waals surface area (Å²) < 4.78 is 0. The molecule has 0 fully saturated rings. The lowest BCUT2D eigenvalue weighted by Crippen LogP contribution is -2.34.